The third-order valence-electron chi connectivity index (χ3n) is 6.30. The van der Waals surface area contributed by atoms with Crippen molar-refractivity contribution in [1.82, 2.24) is 14.3 Å². The molecule has 162 valence electrons. The second-order valence-corrected chi connectivity index (χ2v) is 9.73. The van der Waals surface area contributed by atoms with E-state index in [1.54, 1.807) is 18.2 Å². The van der Waals surface area contributed by atoms with Gasteiger partial charge in [0.15, 0.2) is 0 Å². The van der Waals surface area contributed by atoms with Gasteiger partial charge in [-0.1, -0.05) is 6.07 Å². The Bertz CT molecular complexity index is 1290. The third-order valence-corrected chi connectivity index (χ3v) is 7.25. The van der Waals surface area contributed by atoms with Gasteiger partial charge in [-0.05, 0) is 85.9 Å². The highest BCUT2D eigenvalue weighted by atomic mass is 32.2. The first-order chi connectivity index (χ1) is 14.8. The zero-order chi connectivity index (χ0) is 21.8. The second kappa shape index (κ2) is 7.26. The Morgan fingerprint density at radius 2 is 1.71 bits per heavy atom. The Morgan fingerprint density at radius 1 is 1.03 bits per heavy atom. The molecule has 0 aliphatic heterocycles. The summed E-state index contributed by atoms with van der Waals surface area (Å²) in [5.74, 6) is 0.829. The van der Waals surface area contributed by atoms with Gasteiger partial charge in [0.2, 0.25) is 0 Å². The number of hydrogen-bond acceptors (Lipinski definition) is 4. The minimum Gasteiger partial charge on any atom is -0.331 e. The van der Waals surface area contributed by atoms with Gasteiger partial charge in [-0.25, -0.2) is 14.5 Å². The Balaban J connectivity index is 1.35. The predicted octanol–water partition coefficient (Wildman–Crippen LogP) is 3.34. The normalized spacial score (nSPS) is 15.0. The van der Waals surface area contributed by atoms with Gasteiger partial charge in [0.25, 0.3) is 0 Å². The molecule has 0 saturated carbocycles. The van der Waals surface area contributed by atoms with E-state index in [-0.39, 0.29) is 0 Å². The highest BCUT2D eigenvalue weighted by Gasteiger charge is 2.26. The van der Waals surface area contributed by atoms with Crippen LogP contribution in [0, 0.1) is 6.92 Å². The lowest BCUT2D eigenvalue weighted by Crippen LogP contribution is -2.38. The lowest BCUT2D eigenvalue weighted by atomic mass is 9.99. The quantitative estimate of drug-likeness (QED) is 0.580. The number of imidazole rings is 1. The number of anilines is 2. The van der Waals surface area contributed by atoms with Crippen LogP contribution >= 0.6 is 0 Å². The zero-order valence-electron chi connectivity index (χ0n) is 17.6. The van der Waals surface area contributed by atoms with E-state index in [0.29, 0.717) is 5.69 Å². The number of aryl methyl sites for hydroxylation is 4. The van der Waals surface area contributed by atoms with E-state index in [9.17, 15) is 13.2 Å². The second-order valence-electron chi connectivity index (χ2n) is 8.32. The molecule has 3 aromatic rings. The van der Waals surface area contributed by atoms with Crippen LogP contribution in [0.5, 0.6) is 0 Å². The van der Waals surface area contributed by atoms with Crippen LogP contribution in [0.1, 0.15) is 40.9 Å². The van der Waals surface area contributed by atoms with Crippen molar-refractivity contribution < 1.29 is 13.2 Å². The molecule has 0 unspecified atom stereocenters. The molecule has 2 aliphatic carbocycles. The summed E-state index contributed by atoms with van der Waals surface area (Å²) < 4.78 is 31.6. The minimum atomic E-state index is -4.10. The fourth-order valence-corrected chi connectivity index (χ4v) is 5.57. The third kappa shape index (κ3) is 3.63. The lowest BCUT2D eigenvalue weighted by molar-refractivity contribution is 0.256. The Hall–Kier alpha value is -3.07. The van der Waals surface area contributed by atoms with Crippen molar-refractivity contribution in [2.45, 2.75) is 45.4 Å². The topological polar surface area (TPSA) is 105 Å². The number of carbonyl (C=O) groups excluding carboxylic acids is 1. The summed E-state index contributed by atoms with van der Waals surface area (Å²) in [6.45, 7) is 1.88. The molecule has 9 heteroatoms. The van der Waals surface area contributed by atoms with E-state index in [1.807, 2.05) is 18.5 Å². The molecule has 1 aromatic heterocycles. The van der Waals surface area contributed by atoms with Crippen molar-refractivity contribution in [3.05, 3.63) is 52.3 Å². The number of rotatable bonds is 4. The molecule has 5 rings (SSSR count). The summed E-state index contributed by atoms with van der Waals surface area (Å²) >= 11 is 0. The van der Waals surface area contributed by atoms with Gasteiger partial charge in [0.05, 0.1) is 16.7 Å². The highest BCUT2D eigenvalue weighted by Crippen LogP contribution is 2.38. The average molecular weight is 440 g/mol. The van der Waals surface area contributed by atoms with E-state index in [0.717, 1.165) is 72.2 Å². The first-order valence-electron chi connectivity index (χ1n) is 10.5. The molecule has 2 amide bonds. The maximum atomic E-state index is 12.6. The van der Waals surface area contributed by atoms with Gasteiger partial charge < -0.3 is 9.88 Å². The van der Waals surface area contributed by atoms with Gasteiger partial charge in [0.1, 0.15) is 5.82 Å². The van der Waals surface area contributed by atoms with Crippen molar-refractivity contribution in [2.24, 2.45) is 7.05 Å². The smallest absolute Gasteiger partial charge is 0.331 e. The number of nitrogens with one attached hydrogen (secondary N) is 3. The Kier molecular flexibility index (Phi) is 4.65. The van der Waals surface area contributed by atoms with E-state index in [4.69, 9.17) is 0 Å². The Labute approximate surface area is 181 Å². The van der Waals surface area contributed by atoms with Crippen LogP contribution in [0.25, 0.3) is 11.0 Å². The van der Waals surface area contributed by atoms with E-state index in [1.165, 1.54) is 11.1 Å². The molecule has 0 spiro atoms. The standard InChI is InChI=1S/C22H25N5O3S/c1-13-23-19-10-9-16(12-20(19)27(13)2)25-31(29,30)26-22(28)24-21-17-7-3-5-14(17)11-15-6-4-8-18(15)21/h9-12,25H,3-8H2,1-2H3,(H2,24,26,28). The fourth-order valence-electron chi connectivity index (χ4n) is 4.78. The van der Waals surface area contributed by atoms with Crippen molar-refractivity contribution in [1.29, 1.82) is 0 Å². The number of nitrogens with zero attached hydrogens (tertiary/aromatic N) is 2. The fraction of sp³-hybridized carbons (Fsp3) is 0.364. The molecule has 0 fully saturated rings. The van der Waals surface area contributed by atoms with E-state index < -0.39 is 16.2 Å². The number of aromatic nitrogens is 2. The number of benzene rings is 2. The van der Waals surface area contributed by atoms with Crippen molar-refractivity contribution in [3.63, 3.8) is 0 Å². The molecule has 31 heavy (non-hydrogen) atoms. The number of carbonyl (C=O) groups is 1. The van der Waals surface area contributed by atoms with Crippen LogP contribution in [-0.4, -0.2) is 24.0 Å². The van der Waals surface area contributed by atoms with Crippen molar-refractivity contribution >= 4 is 38.6 Å². The first-order valence-corrected chi connectivity index (χ1v) is 12.0. The number of amides is 2. The van der Waals surface area contributed by atoms with Crippen LogP contribution in [0.3, 0.4) is 0 Å². The minimum absolute atomic E-state index is 0.359. The number of fused-ring (bicyclic) bond motifs is 3. The molecule has 0 atom stereocenters. The zero-order valence-corrected chi connectivity index (χ0v) is 18.4. The van der Waals surface area contributed by atoms with Crippen LogP contribution in [0.15, 0.2) is 24.3 Å². The Morgan fingerprint density at radius 3 is 2.39 bits per heavy atom. The van der Waals surface area contributed by atoms with Crippen LogP contribution < -0.4 is 14.8 Å². The summed E-state index contributed by atoms with van der Waals surface area (Å²) in [5.41, 5.74) is 7.60. The average Bonchev–Trinajstić information content (AvgIpc) is 3.41. The molecule has 0 bridgehead atoms. The van der Waals surface area contributed by atoms with Crippen molar-refractivity contribution in [2.75, 3.05) is 10.0 Å². The first kappa shape index (κ1) is 19.9. The molecule has 0 saturated heterocycles. The van der Waals surface area contributed by atoms with Crippen LogP contribution in [-0.2, 0) is 42.9 Å². The van der Waals surface area contributed by atoms with Gasteiger partial charge >= 0.3 is 16.2 Å². The summed E-state index contributed by atoms with van der Waals surface area (Å²) in [5, 5.41) is 2.84. The van der Waals surface area contributed by atoms with Gasteiger partial charge in [0, 0.05) is 12.7 Å². The van der Waals surface area contributed by atoms with E-state index >= 15 is 0 Å². The summed E-state index contributed by atoms with van der Waals surface area (Å²) in [6, 6.07) is 6.59. The lowest BCUT2D eigenvalue weighted by Gasteiger charge is -2.17. The molecular formula is C22H25N5O3S. The molecule has 8 nitrogen and oxygen atoms in total. The maximum Gasteiger partial charge on any atom is 0.334 e. The highest BCUT2D eigenvalue weighted by molar-refractivity contribution is 7.91. The van der Waals surface area contributed by atoms with Crippen LogP contribution in [0.2, 0.25) is 0 Å². The largest absolute Gasteiger partial charge is 0.334 e. The number of hydrogen-bond donors (Lipinski definition) is 3. The summed E-state index contributed by atoms with van der Waals surface area (Å²) in [6.07, 6.45) is 5.96. The maximum absolute atomic E-state index is 12.6. The monoisotopic (exact) mass is 439 g/mol. The van der Waals surface area contributed by atoms with Gasteiger partial charge in [-0.2, -0.15) is 8.42 Å². The van der Waals surface area contributed by atoms with Gasteiger partial charge in [-0.3, -0.25) is 4.72 Å². The molecule has 3 N–H and O–H groups in total. The van der Waals surface area contributed by atoms with Crippen molar-refractivity contribution in [3.8, 4) is 0 Å². The molecular weight excluding hydrogens is 414 g/mol. The van der Waals surface area contributed by atoms with Crippen LogP contribution in [0.4, 0.5) is 16.2 Å². The van der Waals surface area contributed by atoms with Gasteiger partial charge in [-0.15, -0.1) is 0 Å². The van der Waals surface area contributed by atoms with E-state index in [2.05, 4.69) is 25.8 Å². The molecule has 2 aromatic carbocycles. The molecule has 1 heterocycles. The summed E-state index contributed by atoms with van der Waals surface area (Å²) in [4.78, 5) is 17.0. The predicted molar refractivity (Wildman–Crippen MR) is 121 cm³/mol. The number of urea groups is 1. The summed E-state index contributed by atoms with van der Waals surface area (Å²) in [7, 11) is -2.23. The molecule has 0 radical (unpaired) electrons. The molecule has 2 aliphatic rings. The SMILES string of the molecule is Cc1nc2ccc(NS(=O)(=O)NC(=O)Nc3c4c(cc5c3CCC5)CCC4)cc2n1C.